The summed E-state index contributed by atoms with van der Waals surface area (Å²) in [5.74, 6) is 1.20. The van der Waals surface area contributed by atoms with Crippen LogP contribution in [0, 0.1) is 5.92 Å². The van der Waals surface area contributed by atoms with Crippen molar-refractivity contribution in [3.8, 4) is 0 Å². The van der Waals surface area contributed by atoms with Crippen molar-refractivity contribution in [2.24, 2.45) is 5.92 Å². The van der Waals surface area contributed by atoms with Crippen LogP contribution in [0.25, 0.3) is 0 Å². The number of ether oxygens (including phenoxy) is 2. The molecule has 1 atom stereocenters. The number of nitrogens with one attached hydrogen (secondary N) is 1. The number of carbonyl (C=O) groups is 1. The van der Waals surface area contributed by atoms with Crippen molar-refractivity contribution in [3.63, 3.8) is 0 Å². The van der Waals surface area contributed by atoms with E-state index in [2.05, 4.69) is 5.32 Å². The largest absolute Gasteiger partial charge is 0.465 e. The predicted octanol–water partition coefficient (Wildman–Crippen LogP) is 1.83. The predicted molar refractivity (Wildman–Crippen MR) is 77.4 cm³/mol. The molecule has 1 unspecified atom stereocenters. The molecule has 0 bridgehead atoms. The van der Waals surface area contributed by atoms with Crippen molar-refractivity contribution in [2.75, 3.05) is 32.6 Å². The average Bonchev–Trinajstić information content (AvgIpc) is 3.27. The van der Waals surface area contributed by atoms with Gasteiger partial charge in [0.1, 0.15) is 5.54 Å². The molecular weight excluding hydrogens is 262 g/mol. The molecular formula is C14H25NO3S. The number of rotatable bonds is 7. The van der Waals surface area contributed by atoms with Gasteiger partial charge in [-0.3, -0.25) is 4.79 Å². The Kier molecular flexibility index (Phi) is 5.54. The number of esters is 1. The number of likely N-dealkylation sites (N-methyl/N-ethyl adjacent to an activating group) is 1. The average molecular weight is 287 g/mol. The van der Waals surface area contributed by atoms with Gasteiger partial charge in [-0.1, -0.05) is 0 Å². The van der Waals surface area contributed by atoms with Crippen LogP contribution in [0.4, 0.5) is 0 Å². The van der Waals surface area contributed by atoms with Crippen LogP contribution < -0.4 is 5.32 Å². The third-order valence-corrected chi connectivity index (χ3v) is 5.64. The first kappa shape index (κ1) is 15.1. The maximum absolute atomic E-state index is 12.3. The van der Waals surface area contributed by atoms with E-state index < -0.39 is 5.54 Å². The Hall–Kier alpha value is -0.260. The van der Waals surface area contributed by atoms with E-state index in [9.17, 15) is 4.79 Å². The normalized spacial score (nSPS) is 23.9. The topological polar surface area (TPSA) is 47.6 Å². The van der Waals surface area contributed by atoms with Crippen LogP contribution in [-0.4, -0.2) is 49.4 Å². The maximum atomic E-state index is 12.3. The monoisotopic (exact) mass is 287 g/mol. The fourth-order valence-corrected chi connectivity index (χ4v) is 4.17. The van der Waals surface area contributed by atoms with Gasteiger partial charge in [-0.25, -0.2) is 0 Å². The highest BCUT2D eigenvalue weighted by Crippen LogP contribution is 2.43. The van der Waals surface area contributed by atoms with Crippen LogP contribution in [0.1, 0.15) is 32.6 Å². The van der Waals surface area contributed by atoms with Gasteiger partial charge < -0.3 is 14.8 Å². The smallest absolute Gasteiger partial charge is 0.327 e. The zero-order valence-corrected chi connectivity index (χ0v) is 12.8. The number of hydrogen-bond donors (Lipinski definition) is 1. The van der Waals surface area contributed by atoms with E-state index in [4.69, 9.17) is 9.47 Å². The number of hydrogen-bond acceptors (Lipinski definition) is 5. The molecule has 0 radical (unpaired) electrons. The Morgan fingerprint density at radius 3 is 2.58 bits per heavy atom. The van der Waals surface area contributed by atoms with Gasteiger partial charge in [-0.2, -0.15) is 11.8 Å². The van der Waals surface area contributed by atoms with Crippen LogP contribution in [-0.2, 0) is 14.3 Å². The van der Waals surface area contributed by atoms with Gasteiger partial charge in [0.2, 0.25) is 0 Å². The van der Waals surface area contributed by atoms with E-state index in [0.717, 1.165) is 44.6 Å². The van der Waals surface area contributed by atoms with Crippen LogP contribution in [0.15, 0.2) is 0 Å². The van der Waals surface area contributed by atoms with Crippen LogP contribution in [0.3, 0.4) is 0 Å². The molecule has 1 aliphatic heterocycles. The quantitative estimate of drug-likeness (QED) is 0.724. The van der Waals surface area contributed by atoms with Gasteiger partial charge in [-0.05, 0) is 45.6 Å². The maximum Gasteiger partial charge on any atom is 0.327 e. The Morgan fingerprint density at radius 2 is 2.05 bits per heavy atom. The second kappa shape index (κ2) is 6.95. The van der Waals surface area contributed by atoms with Gasteiger partial charge in [0, 0.05) is 24.2 Å². The highest BCUT2D eigenvalue weighted by Gasteiger charge is 2.51. The first-order valence-corrected chi connectivity index (χ1v) is 8.33. The van der Waals surface area contributed by atoms with Crippen molar-refractivity contribution in [1.82, 2.24) is 5.32 Å². The van der Waals surface area contributed by atoms with Crippen molar-refractivity contribution < 1.29 is 14.3 Å². The summed E-state index contributed by atoms with van der Waals surface area (Å²) in [6.45, 7) is 4.04. The Labute approximate surface area is 120 Å². The molecule has 110 valence electrons. The van der Waals surface area contributed by atoms with E-state index in [0.29, 0.717) is 17.8 Å². The van der Waals surface area contributed by atoms with E-state index >= 15 is 0 Å². The Morgan fingerprint density at radius 1 is 1.37 bits per heavy atom. The van der Waals surface area contributed by atoms with E-state index in [-0.39, 0.29) is 5.97 Å². The molecule has 4 nitrogen and oxygen atoms in total. The van der Waals surface area contributed by atoms with Crippen molar-refractivity contribution in [2.45, 2.75) is 43.4 Å². The zero-order valence-electron chi connectivity index (χ0n) is 11.9. The highest BCUT2D eigenvalue weighted by molar-refractivity contribution is 8.00. The third-order valence-electron chi connectivity index (χ3n) is 4.08. The van der Waals surface area contributed by atoms with Crippen LogP contribution in [0.2, 0.25) is 0 Å². The second-order valence-corrected chi connectivity index (χ2v) is 6.63. The lowest BCUT2D eigenvalue weighted by Crippen LogP contribution is -2.55. The molecule has 0 spiro atoms. The molecule has 19 heavy (non-hydrogen) atoms. The summed E-state index contributed by atoms with van der Waals surface area (Å²) in [5.41, 5.74) is -0.473. The highest BCUT2D eigenvalue weighted by atomic mass is 32.2. The summed E-state index contributed by atoms with van der Waals surface area (Å²) in [6, 6.07) is 0. The minimum Gasteiger partial charge on any atom is -0.465 e. The summed E-state index contributed by atoms with van der Waals surface area (Å²) in [5, 5.41) is 3.90. The molecule has 2 aliphatic rings. The minimum atomic E-state index is -0.473. The molecule has 1 saturated carbocycles. The summed E-state index contributed by atoms with van der Waals surface area (Å²) in [6.07, 6.45) is 4.46. The molecule has 2 fully saturated rings. The van der Waals surface area contributed by atoms with Crippen LogP contribution in [0.5, 0.6) is 0 Å². The third kappa shape index (κ3) is 3.64. The fourth-order valence-electron chi connectivity index (χ4n) is 2.65. The molecule has 1 heterocycles. The lowest BCUT2D eigenvalue weighted by atomic mass is 9.96. The van der Waals surface area contributed by atoms with E-state index in [1.54, 1.807) is 0 Å². The van der Waals surface area contributed by atoms with Gasteiger partial charge in [0.05, 0.1) is 6.61 Å². The lowest BCUT2D eigenvalue weighted by Gasteiger charge is -2.33. The first-order valence-electron chi connectivity index (χ1n) is 7.28. The summed E-state index contributed by atoms with van der Waals surface area (Å²) in [7, 11) is 1.89. The lowest BCUT2D eigenvalue weighted by molar-refractivity contribution is -0.151. The van der Waals surface area contributed by atoms with Gasteiger partial charge in [0.15, 0.2) is 0 Å². The van der Waals surface area contributed by atoms with Gasteiger partial charge in [-0.15, -0.1) is 0 Å². The second-order valence-electron chi connectivity index (χ2n) is 5.34. The van der Waals surface area contributed by atoms with Crippen LogP contribution >= 0.6 is 11.8 Å². The summed E-state index contributed by atoms with van der Waals surface area (Å²) in [4.78, 5) is 12.3. The van der Waals surface area contributed by atoms with E-state index in [1.807, 2.05) is 25.7 Å². The Bertz CT molecular complexity index is 303. The summed E-state index contributed by atoms with van der Waals surface area (Å²) < 4.78 is 10.7. The molecule has 1 N–H and O–H groups in total. The molecule has 0 aromatic rings. The molecule has 2 rings (SSSR count). The molecule has 1 saturated heterocycles. The minimum absolute atomic E-state index is 0.0699. The summed E-state index contributed by atoms with van der Waals surface area (Å²) >= 11 is 1.91. The fraction of sp³-hybridized carbons (Fsp3) is 0.929. The number of carbonyl (C=O) groups excluding carboxylic acids is 1. The molecule has 0 aromatic heterocycles. The standard InChI is InChI=1S/C14H25NO3S/c1-3-18-13(16)14(15-2,11-4-5-11)10-19-12-6-8-17-9-7-12/h11-12,15H,3-10H2,1-2H3. The van der Waals surface area contributed by atoms with Crippen molar-refractivity contribution >= 4 is 17.7 Å². The first-order chi connectivity index (χ1) is 9.23. The zero-order chi connectivity index (χ0) is 13.7. The van der Waals surface area contributed by atoms with E-state index in [1.165, 1.54) is 0 Å². The SMILES string of the molecule is CCOC(=O)C(CSC1CCOCC1)(NC)C1CC1. The van der Waals surface area contributed by atoms with Gasteiger partial charge >= 0.3 is 5.97 Å². The molecule has 0 amide bonds. The molecule has 5 heteroatoms. The van der Waals surface area contributed by atoms with Crippen molar-refractivity contribution in [1.29, 1.82) is 0 Å². The molecule has 1 aliphatic carbocycles. The molecule has 0 aromatic carbocycles. The Balaban J connectivity index is 1.94. The van der Waals surface area contributed by atoms with Gasteiger partial charge in [0.25, 0.3) is 0 Å². The van der Waals surface area contributed by atoms with Crippen molar-refractivity contribution in [3.05, 3.63) is 0 Å². The number of thioether (sulfide) groups is 1.